The lowest BCUT2D eigenvalue weighted by atomic mass is 10.1. The Kier molecular flexibility index (Phi) is 6.15. The van der Waals surface area contributed by atoms with Gasteiger partial charge in [0.05, 0.1) is 30.1 Å². The van der Waals surface area contributed by atoms with E-state index in [0.717, 1.165) is 24.3 Å². The van der Waals surface area contributed by atoms with Crippen LogP contribution in [0.4, 0.5) is 0 Å². The number of rotatable bonds is 8. The van der Waals surface area contributed by atoms with E-state index in [1.54, 1.807) is 11.7 Å². The Hall–Kier alpha value is -2.50. The zero-order valence-corrected chi connectivity index (χ0v) is 15.3. The molecule has 2 aromatic carbocycles. The summed E-state index contributed by atoms with van der Waals surface area (Å²) in [6.45, 7) is 3.80. The summed E-state index contributed by atoms with van der Waals surface area (Å²) in [6, 6.07) is 17.7. The normalized spacial score (nSPS) is 12.4. The van der Waals surface area contributed by atoms with Crippen LogP contribution in [0.5, 0.6) is 0 Å². The summed E-state index contributed by atoms with van der Waals surface area (Å²) in [5, 5.41) is 4.19. The van der Waals surface area contributed by atoms with Crippen molar-refractivity contribution in [2.75, 3.05) is 13.7 Å². The zero-order chi connectivity index (χ0) is 18.4. The van der Waals surface area contributed by atoms with Crippen molar-refractivity contribution >= 4 is 10.9 Å². The molecule has 0 bridgehead atoms. The highest BCUT2D eigenvalue weighted by Gasteiger charge is 2.18. The fourth-order valence-corrected chi connectivity index (χ4v) is 3.10. The molecule has 0 saturated carbocycles. The van der Waals surface area contributed by atoms with E-state index in [1.807, 2.05) is 42.5 Å². The lowest BCUT2D eigenvalue weighted by Gasteiger charge is -2.21. The van der Waals surface area contributed by atoms with Gasteiger partial charge in [-0.2, -0.15) is 0 Å². The standard InChI is InChI=1S/C21H25N3O2/c1-3-18(22-15-16-9-5-4-6-10-16)20-23-19-12-8-7-11-17(19)21(25)24(20)13-14-26-2/h4-12,18,22H,3,13-15H2,1-2H3/t18-/m1/s1. The molecule has 0 amide bonds. The lowest BCUT2D eigenvalue weighted by Crippen LogP contribution is -2.33. The van der Waals surface area contributed by atoms with E-state index in [4.69, 9.17) is 9.72 Å². The maximum Gasteiger partial charge on any atom is 0.261 e. The van der Waals surface area contributed by atoms with E-state index in [0.29, 0.717) is 18.5 Å². The number of ether oxygens (including phenoxy) is 1. The fraction of sp³-hybridized carbons (Fsp3) is 0.333. The van der Waals surface area contributed by atoms with Crippen LogP contribution in [0.2, 0.25) is 0 Å². The van der Waals surface area contributed by atoms with E-state index < -0.39 is 0 Å². The van der Waals surface area contributed by atoms with Crippen LogP contribution in [0.25, 0.3) is 10.9 Å². The van der Waals surface area contributed by atoms with E-state index in [2.05, 4.69) is 24.4 Å². The van der Waals surface area contributed by atoms with E-state index in [1.165, 1.54) is 5.56 Å². The van der Waals surface area contributed by atoms with Crippen molar-refractivity contribution in [3.05, 3.63) is 76.3 Å². The third-order valence-corrected chi connectivity index (χ3v) is 4.53. The Morgan fingerprint density at radius 3 is 2.58 bits per heavy atom. The van der Waals surface area contributed by atoms with Gasteiger partial charge in [-0.25, -0.2) is 4.98 Å². The number of hydrogen-bond donors (Lipinski definition) is 1. The Labute approximate surface area is 153 Å². The lowest BCUT2D eigenvalue weighted by molar-refractivity contribution is 0.184. The molecular weight excluding hydrogens is 326 g/mol. The SMILES string of the molecule is CC[C@@H](NCc1ccccc1)c1nc2ccccc2c(=O)n1CCOC. The number of benzene rings is 2. The summed E-state index contributed by atoms with van der Waals surface area (Å²) in [6.07, 6.45) is 0.838. The minimum atomic E-state index is -0.0115. The number of aromatic nitrogens is 2. The molecule has 1 heterocycles. The predicted octanol–water partition coefficient (Wildman–Crippen LogP) is 3.28. The number of nitrogens with zero attached hydrogens (tertiary/aromatic N) is 2. The molecule has 0 fully saturated rings. The van der Waals surface area contributed by atoms with Crippen molar-refractivity contribution < 1.29 is 4.74 Å². The van der Waals surface area contributed by atoms with E-state index in [-0.39, 0.29) is 11.6 Å². The third kappa shape index (κ3) is 4.00. The molecule has 0 unspecified atom stereocenters. The second kappa shape index (κ2) is 8.74. The highest BCUT2D eigenvalue weighted by atomic mass is 16.5. The molecule has 1 atom stereocenters. The molecule has 5 nitrogen and oxygen atoms in total. The van der Waals surface area contributed by atoms with Crippen LogP contribution in [0.1, 0.15) is 30.8 Å². The maximum absolute atomic E-state index is 13.0. The van der Waals surface area contributed by atoms with Crippen LogP contribution in [-0.2, 0) is 17.8 Å². The van der Waals surface area contributed by atoms with Gasteiger partial charge in [0.1, 0.15) is 5.82 Å². The van der Waals surface area contributed by atoms with Gasteiger partial charge in [-0.05, 0) is 24.1 Å². The number of fused-ring (bicyclic) bond motifs is 1. The molecule has 136 valence electrons. The summed E-state index contributed by atoms with van der Waals surface area (Å²) >= 11 is 0. The van der Waals surface area contributed by atoms with Crippen LogP contribution in [0.3, 0.4) is 0 Å². The molecule has 1 aromatic heterocycles. The van der Waals surface area contributed by atoms with Gasteiger partial charge in [-0.15, -0.1) is 0 Å². The Morgan fingerprint density at radius 2 is 1.85 bits per heavy atom. The monoisotopic (exact) mass is 351 g/mol. The van der Waals surface area contributed by atoms with Gasteiger partial charge >= 0.3 is 0 Å². The molecule has 1 N–H and O–H groups in total. The second-order valence-corrected chi connectivity index (χ2v) is 6.26. The average Bonchev–Trinajstić information content (AvgIpc) is 2.69. The molecule has 26 heavy (non-hydrogen) atoms. The van der Waals surface area contributed by atoms with Gasteiger partial charge in [0.2, 0.25) is 0 Å². The fourth-order valence-electron chi connectivity index (χ4n) is 3.10. The molecule has 0 aliphatic rings. The number of para-hydroxylation sites is 1. The van der Waals surface area contributed by atoms with Gasteiger partial charge < -0.3 is 10.1 Å². The van der Waals surface area contributed by atoms with E-state index >= 15 is 0 Å². The largest absolute Gasteiger partial charge is 0.383 e. The van der Waals surface area contributed by atoms with Crippen molar-refractivity contribution in [3.8, 4) is 0 Å². The number of nitrogens with one attached hydrogen (secondary N) is 1. The third-order valence-electron chi connectivity index (χ3n) is 4.53. The van der Waals surface area contributed by atoms with Crippen LogP contribution in [0.15, 0.2) is 59.4 Å². The molecule has 5 heteroatoms. The molecular formula is C21H25N3O2. The van der Waals surface area contributed by atoms with Gasteiger partial charge in [0.15, 0.2) is 0 Å². The second-order valence-electron chi connectivity index (χ2n) is 6.26. The van der Waals surface area contributed by atoms with E-state index in [9.17, 15) is 4.79 Å². The van der Waals surface area contributed by atoms with Crippen LogP contribution in [0, 0.1) is 0 Å². The topological polar surface area (TPSA) is 56.2 Å². The molecule has 0 saturated heterocycles. The first kappa shape index (κ1) is 18.3. The van der Waals surface area contributed by atoms with Crippen molar-refractivity contribution in [3.63, 3.8) is 0 Å². The first-order valence-corrected chi connectivity index (χ1v) is 9.00. The van der Waals surface area contributed by atoms with Crippen LogP contribution in [-0.4, -0.2) is 23.3 Å². The van der Waals surface area contributed by atoms with Crippen LogP contribution >= 0.6 is 0 Å². The van der Waals surface area contributed by atoms with Gasteiger partial charge in [0.25, 0.3) is 5.56 Å². The summed E-state index contributed by atoms with van der Waals surface area (Å²) in [7, 11) is 1.64. The molecule has 0 aliphatic heterocycles. The quantitative estimate of drug-likeness (QED) is 0.677. The van der Waals surface area contributed by atoms with Crippen molar-refractivity contribution in [2.45, 2.75) is 32.5 Å². The average molecular weight is 351 g/mol. The zero-order valence-electron chi connectivity index (χ0n) is 15.3. The van der Waals surface area contributed by atoms with Crippen molar-refractivity contribution in [2.24, 2.45) is 0 Å². The highest BCUT2D eigenvalue weighted by molar-refractivity contribution is 5.77. The molecule has 3 rings (SSSR count). The predicted molar refractivity (Wildman–Crippen MR) is 104 cm³/mol. The highest BCUT2D eigenvalue weighted by Crippen LogP contribution is 2.17. The molecule has 0 aliphatic carbocycles. The Balaban J connectivity index is 1.98. The number of hydrogen-bond acceptors (Lipinski definition) is 4. The summed E-state index contributed by atoms with van der Waals surface area (Å²) in [5.41, 5.74) is 1.93. The number of methoxy groups -OCH3 is 1. The molecule has 0 spiro atoms. The van der Waals surface area contributed by atoms with Gasteiger partial charge in [-0.3, -0.25) is 9.36 Å². The van der Waals surface area contributed by atoms with Gasteiger partial charge in [-0.1, -0.05) is 49.4 Å². The van der Waals surface area contributed by atoms with Crippen LogP contribution < -0.4 is 10.9 Å². The summed E-state index contributed by atoms with van der Waals surface area (Å²) in [4.78, 5) is 17.8. The summed E-state index contributed by atoms with van der Waals surface area (Å²) < 4.78 is 6.95. The molecule has 0 radical (unpaired) electrons. The maximum atomic E-state index is 13.0. The van der Waals surface area contributed by atoms with Crippen molar-refractivity contribution in [1.82, 2.24) is 14.9 Å². The first-order valence-electron chi connectivity index (χ1n) is 9.00. The molecule has 3 aromatic rings. The summed E-state index contributed by atoms with van der Waals surface area (Å²) in [5.74, 6) is 0.768. The first-order chi connectivity index (χ1) is 12.7. The Bertz CT molecular complexity index is 906. The smallest absolute Gasteiger partial charge is 0.261 e. The van der Waals surface area contributed by atoms with Gasteiger partial charge in [0, 0.05) is 13.7 Å². The minimum absolute atomic E-state index is 0.00984. The Morgan fingerprint density at radius 1 is 1.12 bits per heavy atom. The minimum Gasteiger partial charge on any atom is -0.383 e. The van der Waals surface area contributed by atoms with Crippen molar-refractivity contribution in [1.29, 1.82) is 0 Å².